The van der Waals surface area contributed by atoms with Crippen LogP contribution in [0.1, 0.15) is 23.7 Å². The lowest BCUT2D eigenvalue weighted by Gasteiger charge is -2.27. The molecule has 1 heterocycles. The van der Waals surface area contributed by atoms with Gasteiger partial charge in [-0.1, -0.05) is 0 Å². The highest BCUT2D eigenvalue weighted by molar-refractivity contribution is 7.91. The fourth-order valence-electron chi connectivity index (χ4n) is 2.38. The number of benzene rings is 1. The van der Waals surface area contributed by atoms with Crippen molar-refractivity contribution in [2.45, 2.75) is 19.4 Å². The molecule has 2 rings (SSSR count). The van der Waals surface area contributed by atoms with Crippen LogP contribution in [-0.2, 0) is 9.84 Å². The maximum atomic E-state index is 13.2. The number of hydrogen-bond donors (Lipinski definition) is 0. The van der Waals surface area contributed by atoms with E-state index in [4.69, 9.17) is 0 Å². The molecule has 1 aliphatic rings. The van der Waals surface area contributed by atoms with Crippen LogP contribution in [0.5, 0.6) is 0 Å². The third-order valence-corrected chi connectivity index (χ3v) is 5.22. The third kappa shape index (κ3) is 2.94. The Bertz CT molecular complexity index is 612. The van der Waals surface area contributed by atoms with Gasteiger partial charge in [-0.2, -0.15) is 0 Å². The van der Waals surface area contributed by atoms with Crippen LogP contribution >= 0.6 is 0 Å². The van der Waals surface area contributed by atoms with Crippen LogP contribution in [0, 0.1) is 5.82 Å². The molecular formula is C13H16FNO3S. The van der Waals surface area contributed by atoms with Gasteiger partial charge in [0.1, 0.15) is 5.82 Å². The molecule has 1 fully saturated rings. The zero-order valence-corrected chi connectivity index (χ0v) is 11.7. The summed E-state index contributed by atoms with van der Waals surface area (Å²) in [6.07, 6.45) is 0.535. The monoisotopic (exact) mass is 285 g/mol. The smallest absolute Gasteiger partial charge is 0.161 e. The maximum Gasteiger partial charge on any atom is 0.161 e. The van der Waals surface area contributed by atoms with Crippen molar-refractivity contribution in [2.24, 2.45) is 0 Å². The molecule has 1 atom stereocenters. The number of anilines is 1. The Morgan fingerprint density at radius 3 is 2.63 bits per heavy atom. The molecule has 6 heteroatoms. The second-order valence-electron chi connectivity index (χ2n) is 4.89. The highest BCUT2D eigenvalue weighted by Crippen LogP contribution is 2.27. The number of carbonyl (C=O) groups is 1. The number of nitrogens with zero attached hydrogens (tertiary/aromatic N) is 1. The van der Waals surface area contributed by atoms with Gasteiger partial charge >= 0.3 is 0 Å². The molecule has 0 aromatic heterocycles. The Hall–Kier alpha value is -1.43. The number of ketones is 1. The number of rotatable bonds is 3. The number of carbonyl (C=O) groups excluding carboxylic acids is 1. The number of sulfone groups is 1. The molecule has 0 radical (unpaired) electrons. The fraction of sp³-hybridized carbons (Fsp3) is 0.462. The van der Waals surface area contributed by atoms with E-state index in [-0.39, 0.29) is 28.9 Å². The highest BCUT2D eigenvalue weighted by Gasteiger charge is 2.31. The molecule has 4 nitrogen and oxygen atoms in total. The average molecular weight is 285 g/mol. The van der Waals surface area contributed by atoms with E-state index in [0.29, 0.717) is 12.1 Å². The van der Waals surface area contributed by atoms with Crippen LogP contribution in [0.2, 0.25) is 0 Å². The van der Waals surface area contributed by atoms with Gasteiger partial charge in [-0.05, 0) is 31.5 Å². The number of hydrogen-bond acceptors (Lipinski definition) is 4. The van der Waals surface area contributed by atoms with E-state index < -0.39 is 15.7 Å². The molecular weight excluding hydrogens is 269 g/mol. The fourth-order valence-corrected chi connectivity index (χ4v) is 4.15. The second kappa shape index (κ2) is 4.92. The van der Waals surface area contributed by atoms with Gasteiger partial charge in [0.25, 0.3) is 0 Å². The SMILES string of the molecule is CC(=O)c1cc(F)ccc1N(C)C1CCS(=O)(=O)C1. The molecule has 1 aromatic rings. The lowest BCUT2D eigenvalue weighted by atomic mass is 10.1. The van der Waals surface area contributed by atoms with Crippen LogP contribution in [0.3, 0.4) is 0 Å². The largest absolute Gasteiger partial charge is 0.370 e. The van der Waals surface area contributed by atoms with E-state index in [9.17, 15) is 17.6 Å². The molecule has 0 saturated carbocycles. The molecule has 0 spiro atoms. The van der Waals surface area contributed by atoms with E-state index in [1.807, 2.05) is 0 Å². The Morgan fingerprint density at radius 2 is 2.11 bits per heavy atom. The lowest BCUT2D eigenvalue weighted by molar-refractivity contribution is 0.101. The number of Topliss-reactive ketones (excluding diaryl/α,β-unsaturated/α-hetero) is 1. The van der Waals surface area contributed by atoms with E-state index in [1.165, 1.54) is 25.1 Å². The van der Waals surface area contributed by atoms with E-state index in [1.54, 1.807) is 11.9 Å². The minimum absolute atomic E-state index is 0.0816. The minimum Gasteiger partial charge on any atom is -0.370 e. The first-order valence-corrected chi connectivity index (χ1v) is 7.86. The Kier molecular flexibility index (Phi) is 3.62. The summed E-state index contributed by atoms with van der Waals surface area (Å²) in [4.78, 5) is 13.3. The van der Waals surface area contributed by atoms with Crippen molar-refractivity contribution in [2.75, 3.05) is 23.5 Å². The van der Waals surface area contributed by atoms with Gasteiger partial charge in [-0.15, -0.1) is 0 Å². The summed E-state index contributed by atoms with van der Waals surface area (Å²) in [5.74, 6) is -0.458. The molecule has 1 saturated heterocycles. The summed E-state index contributed by atoms with van der Waals surface area (Å²) >= 11 is 0. The first kappa shape index (κ1) is 14.0. The third-order valence-electron chi connectivity index (χ3n) is 3.47. The van der Waals surface area contributed by atoms with Crippen molar-refractivity contribution >= 4 is 21.3 Å². The van der Waals surface area contributed by atoms with Crippen molar-refractivity contribution in [1.29, 1.82) is 0 Å². The van der Waals surface area contributed by atoms with Gasteiger partial charge in [0, 0.05) is 24.3 Å². The van der Waals surface area contributed by atoms with Crippen molar-refractivity contribution < 1.29 is 17.6 Å². The number of halogens is 1. The van der Waals surface area contributed by atoms with Crippen molar-refractivity contribution in [3.05, 3.63) is 29.6 Å². The lowest BCUT2D eigenvalue weighted by Crippen LogP contribution is -2.33. The van der Waals surface area contributed by atoms with Crippen LogP contribution in [-0.4, -0.2) is 38.8 Å². The maximum absolute atomic E-state index is 13.2. The van der Waals surface area contributed by atoms with E-state index >= 15 is 0 Å². The van der Waals surface area contributed by atoms with Gasteiger partial charge in [0.05, 0.1) is 11.5 Å². The molecule has 0 amide bonds. The van der Waals surface area contributed by atoms with Crippen molar-refractivity contribution in [1.82, 2.24) is 0 Å². The predicted octanol–water partition coefficient (Wildman–Crippen LogP) is 1.65. The molecule has 0 aliphatic carbocycles. The summed E-state index contributed by atoms with van der Waals surface area (Å²) in [6, 6.07) is 3.84. The molecule has 0 N–H and O–H groups in total. The Labute approximate surface area is 112 Å². The summed E-state index contributed by atoms with van der Waals surface area (Å²) in [7, 11) is -1.25. The molecule has 104 valence electrons. The second-order valence-corrected chi connectivity index (χ2v) is 7.11. The molecule has 0 bridgehead atoms. The highest BCUT2D eigenvalue weighted by atomic mass is 32.2. The van der Waals surface area contributed by atoms with Crippen LogP contribution in [0.15, 0.2) is 18.2 Å². The van der Waals surface area contributed by atoms with Gasteiger partial charge < -0.3 is 4.90 Å². The molecule has 1 aromatic carbocycles. The van der Waals surface area contributed by atoms with Crippen molar-refractivity contribution in [3.63, 3.8) is 0 Å². The molecule has 1 unspecified atom stereocenters. The summed E-state index contributed by atoms with van der Waals surface area (Å²) in [5, 5.41) is 0. The summed E-state index contributed by atoms with van der Waals surface area (Å²) in [6.45, 7) is 1.37. The normalized spacial score (nSPS) is 21.3. The van der Waals surface area contributed by atoms with E-state index in [0.717, 1.165) is 0 Å². The standard InChI is InChI=1S/C13H16FNO3S/c1-9(16)12-7-10(14)3-4-13(12)15(2)11-5-6-19(17,18)8-11/h3-4,7,11H,5-6,8H2,1-2H3. The topological polar surface area (TPSA) is 54.5 Å². The van der Waals surface area contributed by atoms with Crippen molar-refractivity contribution in [3.8, 4) is 0 Å². The van der Waals surface area contributed by atoms with Gasteiger partial charge in [0.2, 0.25) is 0 Å². The van der Waals surface area contributed by atoms with E-state index in [2.05, 4.69) is 0 Å². The summed E-state index contributed by atoms with van der Waals surface area (Å²) < 4.78 is 36.2. The first-order valence-electron chi connectivity index (χ1n) is 6.04. The van der Waals surface area contributed by atoms with Crippen LogP contribution in [0.25, 0.3) is 0 Å². The Balaban J connectivity index is 2.34. The average Bonchev–Trinajstić information content (AvgIpc) is 2.68. The Morgan fingerprint density at radius 1 is 1.42 bits per heavy atom. The van der Waals surface area contributed by atoms with Crippen LogP contribution < -0.4 is 4.90 Å². The summed E-state index contributed by atoms with van der Waals surface area (Å²) in [5.41, 5.74) is 0.864. The van der Waals surface area contributed by atoms with Crippen LogP contribution in [0.4, 0.5) is 10.1 Å². The quantitative estimate of drug-likeness (QED) is 0.792. The molecule has 1 aliphatic heterocycles. The predicted molar refractivity (Wildman–Crippen MR) is 71.9 cm³/mol. The first-order chi connectivity index (χ1) is 8.80. The van der Waals surface area contributed by atoms with Gasteiger partial charge in [-0.25, -0.2) is 12.8 Å². The zero-order valence-electron chi connectivity index (χ0n) is 10.9. The molecule has 19 heavy (non-hydrogen) atoms. The van der Waals surface area contributed by atoms with Gasteiger partial charge in [-0.3, -0.25) is 4.79 Å². The minimum atomic E-state index is -2.99. The zero-order chi connectivity index (χ0) is 14.2. The van der Waals surface area contributed by atoms with Gasteiger partial charge in [0.15, 0.2) is 15.6 Å².